The van der Waals surface area contributed by atoms with Crippen molar-refractivity contribution in [3.63, 3.8) is 0 Å². The van der Waals surface area contributed by atoms with Gasteiger partial charge >= 0.3 is 0 Å². The van der Waals surface area contributed by atoms with Gasteiger partial charge in [-0.3, -0.25) is 4.79 Å². The van der Waals surface area contributed by atoms with E-state index in [4.69, 9.17) is 4.98 Å². The standard InChI is InChI=1S/C22H27N5O.2ClH/c1-15(2)27-21-19(14-24-27)18(22(28)26-11-6-9-23-10-12-26)13-20(25-21)17-8-5-4-7-16(17)3;;/h4-5,7-8,13-15,23H,6,9-12H2,1-3H3;2*1H. The van der Waals surface area contributed by atoms with E-state index in [1.807, 2.05) is 27.8 Å². The molecule has 1 amide bonds. The van der Waals surface area contributed by atoms with Gasteiger partial charge in [0.15, 0.2) is 5.65 Å². The van der Waals surface area contributed by atoms with Crippen LogP contribution in [0, 0.1) is 6.92 Å². The molecule has 1 aliphatic rings. The Hall–Kier alpha value is -2.15. The Bertz CT molecular complexity index is 1010. The van der Waals surface area contributed by atoms with Gasteiger partial charge in [-0.2, -0.15) is 5.10 Å². The maximum absolute atomic E-state index is 13.4. The first-order chi connectivity index (χ1) is 13.6. The molecule has 1 fully saturated rings. The van der Waals surface area contributed by atoms with Crippen LogP contribution in [0.1, 0.15) is 42.2 Å². The molecule has 1 aromatic carbocycles. The summed E-state index contributed by atoms with van der Waals surface area (Å²) in [6, 6.07) is 10.3. The van der Waals surface area contributed by atoms with Gasteiger partial charge in [0.25, 0.3) is 5.91 Å². The monoisotopic (exact) mass is 449 g/mol. The molecule has 162 valence electrons. The van der Waals surface area contributed by atoms with Gasteiger partial charge in [0, 0.05) is 31.2 Å². The molecule has 6 nitrogen and oxygen atoms in total. The summed E-state index contributed by atoms with van der Waals surface area (Å²) in [6.45, 7) is 9.51. The Kier molecular flexibility index (Phi) is 8.24. The number of carbonyl (C=O) groups is 1. The van der Waals surface area contributed by atoms with Crippen LogP contribution in [-0.4, -0.2) is 51.8 Å². The van der Waals surface area contributed by atoms with E-state index < -0.39 is 0 Å². The van der Waals surface area contributed by atoms with Crippen LogP contribution < -0.4 is 5.32 Å². The summed E-state index contributed by atoms with van der Waals surface area (Å²) < 4.78 is 1.90. The van der Waals surface area contributed by atoms with Crippen LogP contribution in [0.5, 0.6) is 0 Å². The zero-order chi connectivity index (χ0) is 19.7. The zero-order valence-corrected chi connectivity index (χ0v) is 19.2. The van der Waals surface area contributed by atoms with E-state index in [0.717, 1.165) is 60.5 Å². The Morgan fingerprint density at radius 1 is 1.13 bits per heavy atom. The fraction of sp³-hybridized carbons (Fsp3) is 0.409. The number of nitrogens with zero attached hydrogens (tertiary/aromatic N) is 4. The van der Waals surface area contributed by atoms with E-state index in [1.165, 1.54) is 0 Å². The van der Waals surface area contributed by atoms with Gasteiger partial charge in [0.1, 0.15) is 0 Å². The molecule has 0 spiro atoms. The van der Waals surface area contributed by atoms with Crippen molar-refractivity contribution < 1.29 is 4.79 Å². The number of halogens is 2. The number of amides is 1. The van der Waals surface area contributed by atoms with Gasteiger partial charge in [0.05, 0.1) is 22.8 Å². The molecular formula is C22H29Cl2N5O. The van der Waals surface area contributed by atoms with Crippen molar-refractivity contribution in [3.05, 3.63) is 47.7 Å². The fourth-order valence-corrected chi connectivity index (χ4v) is 3.79. The second kappa shape index (κ2) is 10.2. The summed E-state index contributed by atoms with van der Waals surface area (Å²) in [5.74, 6) is 0.0641. The molecule has 1 aliphatic heterocycles. The molecule has 0 radical (unpaired) electrons. The molecule has 8 heteroatoms. The van der Waals surface area contributed by atoms with Gasteiger partial charge in [-0.05, 0) is 45.4 Å². The van der Waals surface area contributed by atoms with E-state index in [9.17, 15) is 4.79 Å². The predicted molar refractivity (Wildman–Crippen MR) is 126 cm³/mol. The van der Waals surface area contributed by atoms with Crippen molar-refractivity contribution in [2.24, 2.45) is 0 Å². The van der Waals surface area contributed by atoms with E-state index >= 15 is 0 Å². The molecule has 30 heavy (non-hydrogen) atoms. The van der Waals surface area contributed by atoms with Gasteiger partial charge in [0.2, 0.25) is 0 Å². The molecule has 1 N–H and O–H groups in total. The highest BCUT2D eigenvalue weighted by Crippen LogP contribution is 2.29. The lowest BCUT2D eigenvalue weighted by Gasteiger charge is -2.21. The van der Waals surface area contributed by atoms with Crippen molar-refractivity contribution in [2.45, 2.75) is 33.2 Å². The van der Waals surface area contributed by atoms with Crippen molar-refractivity contribution in [3.8, 4) is 11.3 Å². The summed E-state index contributed by atoms with van der Waals surface area (Å²) in [7, 11) is 0. The first-order valence-corrected chi connectivity index (χ1v) is 10.0. The molecule has 0 unspecified atom stereocenters. The summed E-state index contributed by atoms with van der Waals surface area (Å²) in [5, 5.41) is 8.72. The largest absolute Gasteiger partial charge is 0.337 e. The lowest BCUT2D eigenvalue weighted by atomic mass is 10.0. The van der Waals surface area contributed by atoms with Gasteiger partial charge in [-0.15, -0.1) is 24.8 Å². The number of pyridine rings is 1. The van der Waals surface area contributed by atoms with Crippen molar-refractivity contribution in [1.82, 2.24) is 25.0 Å². The van der Waals surface area contributed by atoms with E-state index in [-0.39, 0.29) is 36.8 Å². The van der Waals surface area contributed by atoms with Gasteiger partial charge < -0.3 is 10.2 Å². The highest BCUT2D eigenvalue weighted by molar-refractivity contribution is 6.06. The average Bonchev–Trinajstić information content (AvgIpc) is 2.93. The number of fused-ring (bicyclic) bond motifs is 1. The number of rotatable bonds is 3. The molecular weight excluding hydrogens is 421 g/mol. The molecule has 4 rings (SSSR count). The van der Waals surface area contributed by atoms with E-state index in [2.05, 4.69) is 43.3 Å². The van der Waals surface area contributed by atoms with Gasteiger partial charge in [-0.25, -0.2) is 9.67 Å². The molecule has 2 aromatic heterocycles. The third-order valence-electron chi connectivity index (χ3n) is 5.33. The topological polar surface area (TPSA) is 63.1 Å². The minimum Gasteiger partial charge on any atom is -0.337 e. The second-order valence-corrected chi connectivity index (χ2v) is 7.69. The van der Waals surface area contributed by atoms with Crippen LogP contribution in [0.2, 0.25) is 0 Å². The molecule has 1 saturated heterocycles. The lowest BCUT2D eigenvalue weighted by Crippen LogP contribution is -2.34. The number of aryl methyl sites for hydroxylation is 1. The fourth-order valence-electron chi connectivity index (χ4n) is 3.79. The highest BCUT2D eigenvalue weighted by atomic mass is 35.5. The minimum absolute atomic E-state index is 0. The van der Waals surface area contributed by atoms with Crippen LogP contribution in [0.15, 0.2) is 36.5 Å². The molecule has 0 saturated carbocycles. The van der Waals surface area contributed by atoms with Crippen LogP contribution >= 0.6 is 24.8 Å². The maximum atomic E-state index is 13.4. The Labute approximate surface area is 189 Å². The summed E-state index contributed by atoms with van der Waals surface area (Å²) in [6.07, 6.45) is 2.75. The number of carbonyl (C=O) groups excluding carboxylic acids is 1. The van der Waals surface area contributed by atoms with Crippen LogP contribution in [0.25, 0.3) is 22.3 Å². The third kappa shape index (κ3) is 4.61. The average molecular weight is 450 g/mol. The number of hydrogen-bond donors (Lipinski definition) is 1. The number of benzene rings is 1. The van der Waals surface area contributed by atoms with Crippen molar-refractivity contribution in [1.29, 1.82) is 0 Å². The first-order valence-electron chi connectivity index (χ1n) is 10.0. The molecule has 0 bridgehead atoms. The second-order valence-electron chi connectivity index (χ2n) is 7.69. The Morgan fingerprint density at radius 3 is 2.63 bits per heavy atom. The minimum atomic E-state index is 0. The Morgan fingerprint density at radius 2 is 1.90 bits per heavy atom. The number of aromatic nitrogens is 3. The van der Waals surface area contributed by atoms with Gasteiger partial charge in [-0.1, -0.05) is 24.3 Å². The summed E-state index contributed by atoms with van der Waals surface area (Å²) >= 11 is 0. The lowest BCUT2D eigenvalue weighted by molar-refractivity contribution is 0.0768. The molecule has 3 aromatic rings. The Balaban J connectivity index is 0.00000160. The van der Waals surface area contributed by atoms with Crippen LogP contribution in [0.4, 0.5) is 0 Å². The SMILES string of the molecule is Cc1ccccc1-c1cc(C(=O)N2CCCNCC2)c2cnn(C(C)C)c2n1.Cl.Cl. The molecule has 0 aliphatic carbocycles. The van der Waals surface area contributed by atoms with Crippen LogP contribution in [-0.2, 0) is 0 Å². The zero-order valence-electron chi connectivity index (χ0n) is 17.6. The molecule has 0 atom stereocenters. The molecule has 3 heterocycles. The normalized spacial score (nSPS) is 14.2. The smallest absolute Gasteiger partial charge is 0.254 e. The third-order valence-corrected chi connectivity index (χ3v) is 5.33. The predicted octanol–water partition coefficient (Wildman–Crippen LogP) is 4.27. The van der Waals surface area contributed by atoms with E-state index in [1.54, 1.807) is 6.20 Å². The van der Waals surface area contributed by atoms with E-state index in [0.29, 0.717) is 5.56 Å². The van der Waals surface area contributed by atoms with Crippen LogP contribution in [0.3, 0.4) is 0 Å². The number of nitrogens with one attached hydrogen (secondary N) is 1. The highest BCUT2D eigenvalue weighted by Gasteiger charge is 2.23. The van der Waals surface area contributed by atoms with Crippen molar-refractivity contribution >= 4 is 41.8 Å². The van der Waals surface area contributed by atoms with Crippen molar-refractivity contribution in [2.75, 3.05) is 26.2 Å². The summed E-state index contributed by atoms with van der Waals surface area (Å²) in [4.78, 5) is 20.3. The first kappa shape index (κ1) is 24.1. The maximum Gasteiger partial charge on any atom is 0.254 e. The number of hydrogen-bond acceptors (Lipinski definition) is 4. The summed E-state index contributed by atoms with van der Waals surface area (Å²) in [5.41, 5.74) is 4.48. The quantitative estimate of drug-likeness (QED) is 0.648.